The summed E-state index contributed by atoms with van der Waals surface area (Å²) in [5.74, 6) is 0. The Kier molecular flexibility index (Phi) is 6.69. The zero-order chi connectivity index (χ0) is 13.4. The van der Waals surface area contributed by atoms with Gasteiger partial charge in [0.05, 0.1) is 0 Å². The van der Waals surface area contributed by atoms with Crippen LogP contribution in [0, 0.1) is 0 Å². The van der Waals surface area contributed by atoms with Crippen molar-refractivity contribution in [3.8, 4) is 0 Å². The van der Waals surface area contributed by atoms with Crippen LogP contribution in [0.25, 0.3) is 0 Å². The molecule has 0 radical (unpaired) electrons. The van der Waals surface area contributed by atoms with Gasteiger partial charge in [-0.3, -0.25) is 4.90 Å². The average Bonchev–Trinajstić information content (AvgIpc) is 2.39. The van der Waals surface area contributed by atoms with Crippen LogP contribution in [0.3, 0.4) is 0 Å². The summed E-state index contributed by atoms with van der Waals surface area (Å²) in [7, 11) is 0. The monoisotopic (exact) mass is 246 g/mol. The number of nitrogens with zero attached hydrogens (tertiary/aromatic N) is 1. The molecule has 1 N–H and O–H groups in total. The van der Waals surface area contributed by atoms with Gasteiger partial charge in [-0.15, -0.1) is 6.58 Å². The van der Waals surface area contributed by atoms with Crippen molar-refractivity contribution in [2.45, 2.75) is 32.9 Å². The first-order chi connectivity index (χ1) is 8.70. The Balaban J connectivity index is 2.91. The van der Waals surface area contributed by atoms with Crippen LogP contribution in [-0.2, 0) is 0 Å². The van der Waals surface area contributed by atoms with E-state index in [9.17, 15) is 0 Å². The SMILES string of the molecule is C=CCN(C(C)C)C(CNCC)c1ccccc1. The summed E-state index contributed by atoms with van der Waals surface area (Å²) in [4.78, 5) is 2.48. The molecule has 2 nitrogen and oxygen atoms in total. The van der Waals surface area contributed by atoms with Crippen LogP contribution in [0.4, 0.5) is 0 Å². The lowest BCUT2D eigenvalue weighted by atomic mass is 10.0. The van der Waals surface area contributed by atoms with Crippen molar-refractivity contribution in [1.29, 1.82) is 0 Å². The third-order valence-corrected chi connectivity index (χ3v) is 3.18. The summed E-state index contributed by atoms with van der Waals surface area (Å²) in [5, 5.41) is 3.46. The second kappa shape index (κ2) is 8.06. The van der Waals surface area contributed by atoms with E-state index in [2.05, 4.69) is 67.9 Å². The maximum atomic E-state index is 3.88. The van der Waals surface area contributed by atoms with Gasteiger partial charge in [0.2, 0.25) is 0 Å². The summed E-state index contributed by atoms with van der Waals surface area (Å²) in [6.07, 6.45) is 1.99. The first-order valence-electron chi connectivity index (χ1n) is 6.83. The van der Waals surface area contributed by atoms with Crippen LogP contribution in [-0.4, -0.2) is 30.6 Å². The van der Waals surface area contributed by atoms with Crippen molar-refractivity contribution >= 4 is 0 Å². The van der Waals surface area contributed by atoms with Gasteiger partial charge in [0.15, 0.2) is 0 Å². The number of hydrogen-bond acceptors (Lipinski definition) is 2. The van der Waals surface area contributed by atoms with Crippen LogP contribution in [0.15, 0.2) is 43.0 Å². The zero-order valence-electron chi connectivity index (χ0n) is 11.9. The molecule has 0 aliphatic rings. The zero-order valence-corrected chi connectivity index (χ0v) is 11.9. The Hall–Kier alpha value is -1.12. The van der Waals surface area contributed by atoms with E-state index in [-0.39, 0.29) is 0 Å². The van der Waals surface area contributed by atoms with E-state index in [0.717, 1.165) is 19.6 Å². The molecule has 0 amide bonds. The molecule has 1 unspecified atom stereocenters. The first kappa shape index (κ1) is 14.9. The molecule has 1 aromatic carbocycles. The predicted molar refractivity (Wildman–Crippen MR) is 79.8 cm³/mol. The number of likely N-dealkylation sites (N-methyl/N-ethyl adjacent to an activating group) is 1. The third-order valence-electron chi connectivity index (χ3n) is 3.18. The highest BCUT2D eigenvalue weighted by Crippen LogP contribution is 2.22. The minimum atomic E-state index is 0.407. The molecule has 1 aromatic rings. The topological polar surface area (TPSA) is 15.3 Å². The maximum Gasteiger partial charge on any atom is 0.0478 e. The van der Waals surface area contributed by atoms with Gasteiger partial charge in [0, 0.05) is 25.2 Å². The molecule has 18 heavy (non-hydrogen) atoms. The second-order valence-electron chi connectivity index (χ2n) is 4.81. The lowest BCUT2D eigenvalue weighted by molar-refractivity contribution is 0.169. The summed E-state index contributed by atoms with van der Waals surface area (Å²) in [5.41, 5.74) is 1.37. The minimum absolute atomic E-state index is 0.407. The summed E-state index contributed by atoms with van der Waals surface area (Å²) >= 11 is 0. The highest BCUT2D eigenvalue weighted by atomic mass is 15.2. The van der Waals surface area contributed by atoms with E-state index >= 15 is 0 Å². The Bertz CT molecular complexity index is 332. The number of rotatable bonds is 8. The van der Waals surface area contributed by atoms with Gasteiger partial charge in [-0.1, -0.05) is 43.3 Å². The Morgan fingerprint density at radius 3 is 2.44 bits per heavy atom. The van der Waals surface area contributed by atoms with Crippen molar-refractivity contribution in [1.82, 2.24) is 10.2 Å². The largest absolute Gasteiger partial charge is 0.315 e. The smallest absolute Gasteiger partial charge is 0.0478 e. The standard InChI is InChI=1S/C16H26N2/c1-5-12-18(14(3)4)16(13-17-6-2)15-10-8-7-9-11-15/h5,7-11,14,16-17H,1,6,12-13H2,2-4H3. The van der Waals surface area contributed by atoms with Gasteiger partial charge in [0.1, 0.15) is 0 Å². The molecule has 100 valence electrons. The molecule has 1 rings (SSSR count). The minimum Gasteiger partial charge on any atom is -0.315 e. The Morgan fingerprint density at radius 1 is 1.28 bits per heavy atom. The van der Waals surface area contributed by atoms with E-state index < -0.39 is 0 Å². The maximum absolute atomic E-state index is 3.88. The van der Waals surface area contributed by atoms with Crippen molar-refractivity contribution in [2.75, 3.05) is 19.6 Å². The van der Waals surface area contributed by atoms with Crippen LogP contribution < -0.4 is 5.32 Å². The fourth-order valence-corrected chi connectivity index (χ4v) is 2.23. The fraction of sp³-hybridized carbons (Fsp3) is 0.500. The van der Waals surface area contributed by atoms with Gasteiger partial charge in [0.25, 0.3) is 0 Å². The summed E-state index contributed by atoms with van der Waals surface area (Å²) in [6, 6.07) is 11.6. The third kappa shape index (κ3) is 4.28. The van der Waals surface area contributed by atoms with E-state index in [0.29, 0.717) is 12.1 Å². The molecule has 1 atom stereocenters. The molecular formula is C16H26N2. The van der Waals surface area contributed by atoms with Gasteiger partial charge in [-0.05, 0) is 26.0 Å². The van der Waals surface area contributed by atoms with Crippen molar-refractivity contribution < 1.29 is 0 Å². The summed E-state index contributed by atoms with van der Waals surface area (Å²) in [6.45, 7) is 13.4. The van der Waals surface area contributed by atoms with Gasteiger partial charge in [-0.25, -0.2) is 0 Å². The van der Waals surface area contributed by atoms with Crippen LogP contribution in [0.2, 0.25) is 0 Å². The highest BCUT2D eigenvalue weighted by molar-refractivity contribution is 5.20. The molecule has 0 fully saturated rings. The lowest BCUT2D eigenvalue weighted by Gasteiger charge is -2.34. The van der Waals surface area contributed by atoms with E-state index in [1.54, 1.807) is 0 Å². The second-order valence-corrected chi connectivity index (χ2v) is 4.81. The molecule has 0 heterocycles. The predicted octanol–water partition coefficient (Wildman–Crippen LogP) is 3.23. The van der Waals surface area contributed by atoms with Crippen molar-refractivity contribution in [3.05, 3.63) is 48.6 Å². The highest BCUT2D eigenvalue weighted by Gasteiger charge is 2.21. The Labute approximate surface area is 112 Å². The van der Waals surface area contributed by atoms with Crippen LogP contribution in [0.1, 0.15) is 32.4 Å². The fourth-order valence-electron chi connectivity index (χ4n) is 2.23. The molecule has 0 saturated carbocycles. The van der Waals surface area contributed by atoms with E-state index in [1.807, 2.05) is 6.08 Å². The summed E-state index contributed by atoms with van der Waals surface area (Å²) < 4.78 is 0. The normalized spacial score (nSPS) is 12.9. The molecule has 2 heteroatoms. The first-order valence-corrected chi connectivity index (χ1v) is 6.83. The lowest BCUT2D eigenvalue weighted by Crippen LogP contribution is -2.40. The molecule has 0 aromatic heterocycles. The van der Waals surface area contributed by atoms with Crippen LogP contribution >= 0.6 is 0 Å². The van der Waals surface area contributed by atoms with Gasteiger partial charge < -0.3 is 5.32 Å². The van der Waals surface area contributed by atoms with E-state index in [4.69, 9.17) is 0 Å². The molecule has 0 aliphatic heterocycles. The molecular weight excluding hydrogens is 220 g/mol. The Morgan fingerprint density at radius 2 is 1.94 bits per heavy atom. The number of hydrogen-bond donors (Lipinski definition) is 1. The number of benzene rings is 1. The molecule has 0 saturated heterocycles. The van der Waals surface area contributed by atoms with Gasteiger partial charge >= 0.3 is 0 Å². The molecule has 0 bridgehead atoms. The average molecular weight is 246 g/mol. The van der Waals surface area contributed by atoms with Crippen molar-refractivity contribution in [3.63, 3.8) is 0 Å². The van der Waals surface area contributed by atoms with Crippen molar-refractivity contribution in [2.24, 2.45) is 0 Å². The number of nitrogens with one attached hydrogen (secondary N) is 1. The molecule has 0 aliphatic carbocycles. The van der Waals surface area contributed by atoms with Crippen LogP contribution in [0.5, 0.6) is 0 Å². The molecule has 0 spiro atoms. The van der Waals surface area contributed by atoms with Gasteiger partial charge in [-0.2, -0.15) is 0 Å². The quantitative estimate of drug-likeness (QED) is 0.708. The van der Waals surface area contributed by atoms with E-state index in [1.165, 1.54) is 5.56 Å².